The molecule has 4 aromatic rings. The number of rotatable bonds is 10. The summed E-state index contributed by atoms with van der Waals surface area (Å²) in [7, 11) is -2.06. The zero-order chi connectivity index (χ0) is 33.2. The Kier molecular flexibility index (Phi) is 9.49. The molecule has 3 heterocycles. The number of hydrogen-bond acceptors (Lipinski definition) is 7. The first kappa shape index (κ1) is 33.1. The Morgan fingerprint density at radius 3 is 2.35 bits per heavy atom. The summed E-state index contributed by atoms with van der Waals surface area (Å²) in [5.41, 5.74) is 3.24. The average molecular weight is 660 g/mol. The van der Waals surface area contributed by atoms with Crippen LogP contribution in [0, 0.1) is 6.92 Å². The molecule has 0 atom stereocenters. The second-order valence-corrected chi connectivity index (χ2v) is 14.0. The number of benzene rings is 2. The van der Waals surface area contributed by atoms with Crippen LogP contribution in [-0.4, -0.2) is 85.4 Å². The summed E-state index contributed by atoms with van der Waals surface area (Å²) in [6, 6.07) is 15.4. The summed E-state index contributed by atoms with van der Waals surface area (Å²) in [5, 5.41) is 0.150. The van der Waals surface area contributed by atoms with E-state index >= 15 is 0 Å². The third-order valence-corrected chi connectivity index (χ3v) is 10.0. The Morgan fingerprint density at radius 1 is 1.04 bits per heavy atom. The van der Waals surface area contributed by atoms with Crippen molar-refractivity contribution in [3.05, 3.63) is 77.6 Å². The third-order valence-electron chi connectivity index (χ3n) is 7.86. The van der Waals surface area contributed by atoms with Crippen molar-refractivity contribution in [2.24, 2.45) is 0 Å². The molecule has 5 rings (SSSR count). The van der Waals surface area contributed by atoms with Gasteiger partial charge in [0.1, 0.15) is 11.4 Å². The van der Waals surface area contributed by atoms with Gasteiger partial charge in [-0.3, -0.25) is 14.0 Å². The summed E-state index contributed by atoms with van der Waals surface area (Å²) in [6.45, 7) is 6.51. The Bertz CT molecular complexity index is 1780. The molecule has 2 aromatic heterocycles. The van der Waals surface area contributed by atoms with Gasteiger partial charge in [-0.05, 0) is 56.2 Å². The number of aromatic nitrogens is 2. The van der Waals surface area contributed by atoms with Crippen molar-refractivity contribution in [2.45, 2.75) is 38.7 Å². The molecule has 1 aliphatic heterocycles. The van der Waals surface area contributed by atoms with Gasteiger partial charge >= 0.3 is 6.18 Å². The highest BCUT2D eigenvalue weighted by atomic mass is 32.2. The lowest BCUT2D eigenvalue weighted by Gasteiger charge is -2.34. The molecule has 14 heteroatoms. The van der Waals surface area contributed by atoms with Gasteiger partial charge in [0, 0.05) is 51.2 Å². The Labute approximate surface area is 265 Å². The molecule has 2 aromatic carbocycles. The second kappa shape index (κ2) is 13.2. The molecule has 246 valence electrons. The first-order valence-electron chi connectivity index (χ1n) is 14.8. The van der Waals surface area contributed by atoms with E-state index in [-0.39, 0.29) is 23.2 Å². The molecule has 0 bridgehead atoms. The third kappa shape index (κ3) is 7.39. The Balaban J connectivity index is 1.28. The zero-order valence-electron chi connectivity index (χ0n) is 26.0. The maximum atomic E-state index is 13.9. The number of amides is 1. The van der Waals surface area contributed by atoms with Crippen molar-refractivity contribution in [3.63, 3.8) is 0 Å². The topological polar surface area (TPSA) is 108 Å². The Hall–Kier alpha value is -4.30. The highest BCUT2D eigenvalue weighted by molar-refractivity contribution is 7.93. The number of ether oxygens (including phenoxy) is 2. The summed E-state index contributed by atoms with van der Waals surface area (Å²) >= 11 is 0. The number of anilines is 1. The molecule has 0 radical (unpaired) electrons. The van der Waals surface area contributed by atoms with Crippen LogP contribution in [0.2, 0.25) is 0 Å². The zero-order valence-corrected chi connectivity index (χ0v) is 26.8. The SMILES string of the molecule is Cc1cccc2[nH]c(C(=O)N3CCN(Cc4ccc(OCC(F)(F)F)cc4)CC3)c(Oc3ccc(N(C)S(=O)(=O)C(C)C)cn3)c12. The normalized spacial score (nSPS) is 14.6. The van der Waals surface area contributed by atoms with Gasteiger partial charge < -0.3 is 19.4 Å². The number of sulfonamides is 1. The van der Waals surface area contributed by atoms with Gasteiger partial charge in [0.25, 0.3) is 5.91 Å². The number of carbonyl (C=O) groups excluding carboxylic acids is 1. The van der Waals surface area contributed by atoms with Crippen molar-refractivity contribution < 1.29 is 35.9 Å². The van der Waals surface area contributed by atoms with Crippen molar-refractivity contribution >= 4 is 32.5 Å². The Morgan fingerprint density at radius 2 is 1.74 bits per heavy atom. The minimum absolute atomic E-state index is 0.153. The smallest absolute Gasteiger partial charge is 0.422 e. The van der Waals surface area contributed by atoms with Crippen molar-refractivity contribution in [1.29, 1.82) is 0 Å². The van der Waals surface area contributed by atoms with E-state index in [0.717, 1.165) is 22.0 Å². The number of carbonyl (C=O) groups is 1. The van der Waals surface area contributed by atoms with E-state index in [1.54, 1.807) is 43.0 Å². The van der Waals surface area contributed by atoms with E-state index in [9.17, 15) is 26.4 Å². The fourth-order valence-corrected chi connectivity index (χ4v) is 6.25. The standard InChI is InChI=1S/C32H36F3N5O5S/c1-21(2)46(42,43)38(4)24-10-13-27(36-18-24)45-30-28-22(3)6-5-7-26(28)37-29(30)31(41)40-16-14-39(15-17-40)19-23-8-11-25(12-9-23)44-20-32(33,34)35/h5-13,18,21,37H,14-17,19-20H2,1-4H3. The molecule has 1 saturated heterocycles. The predicted molar refractivity (Wildman–Crippen MR) is 169 cm³/mol. The van der Waals surface area contributed by atoms with Gasteiger partial charge in [-0.25, -0.2) is 13.4 Å². The highest BCUT2D eigenvalue weighted by Crippen LogP contribution is 2.37. The molecule has 0 aliphatic carbocycles. The van der Waals surface area contributed by atoms with Gasteiger partial charge in [-0.1, -0.05) is 24.3 Å². The van der Waals surface area contributed by atoms with E-state index in [0.29, 0.717) is 44.2 Å². The number of H-pyrrole nitrogens is 1. The minimum atomic E-state index is -4.39. The molecule has 0 unspecified atom stereocenters. The van der Waals surface area contributed by atoms with Crippen LogP contribution in [0.25, 0.3) is 10.9 Å². The molecule has 1 aliphatic rings. The largest absolute Gasteiger partial charge is 0.484 e. The molecule has 0 saturated carbocycles. The quantitative estimate of drug-likeness (QED) is 0.232. The molecular weight excluding hydrogens is 623 g/mol. The number of alkyl halides is 3. The molecule has 46 heavy (non-hydrogen) atoms. The van der Waals surface area contributed by atoms with Crippen LogP contribution < -0.4 is 13.8 Å². The van der Waals surface area contributed by atoms with Crippen molar-refractivity contribution in [3.8, 4) is 17.4 Å². The van der Waals surface area contributed by atoms with Crippen LogP contribution in [0.3, 0.4) is 0 Å². The number of halogens is 3. The van der Waals surface area contributed by atoms with E-state index in [2.05, 4.69) is 14.9 Å². The molecule has 0 spiro atoms. The maximum Gasteiger partial charge on any atom is 0.422 e. The van der Waals surface area contributed by atoms with Crippen molar-refractivity contribution in [1.82, 2.24) is 19.8 Å². The molecule has 1 N–H and O–H groups in total. The van der Waals surface area contributed by atoms with Crippen LogP contribution in [-0.2, 0) is 16.6 Å². The lowest BCUT2D eigenvalue weighted by atomic mass is 10.1. The summed E-state index contributed by atoms with van der Waals surface area (Å²) in [5.74, 6) is 0.477. The number of aromatic amines is 1. The minimum Gasteiger partial charge on any atom is -0.484 e. The molecule has 1 fully saturated rings. The lowest BCUT2D eigenvalue weighted by Crippen LogP contribution is -2.48. The van der Waals surface area contributed by atoms with Gasteiger partial charge in [0.15, 0.2) is 12.4 Å². The summed E-state index contributed by atoms with van der Waals surface area (Å²) < 4.78 is 74.6. The number of fused-ring (bicyclic) bond motifs is 1. The number of nitrogens with zero attached hydrogens (tertiary/aromatic N) is 4. The maximum absolute atomic E-state index is 13.9. The monoisotopic (exact) mass is 659 g/mol. The number of pyridine rings is 1. The highest BCUT2D eigenvalue weighted by Gasteiger charge is 2.30. The first-order valence-corrected chi connectivity index (χ1v) is 16.3. The van der Waals surface area contributed by atoms with E-state index < -0.39 is 28.1 Å². The second-order valence-electron chi connectivity index (χ2n) is 11.5. The van der Waals surface area contributed by atoms with Gasteiger partial charge in [0.05, 0.1) is 22.7 Å². The van der Waals surface area contributed by atoms with Crippen LogP contribution in [0.4, 0.5) is 18.9 Å². The van der Waals surface area contributed by atoms with Gasteiger partial charge in [0.2, 0.25) is 15.9 Å². The predicted octanol–water partition coefficient (Wildman–Crippen LogP) is 5.74. The van der Waals surface area contributed by atoms with Crippen LogP contribution in [0.5, 0.6) is 17.4 Å². The fraction of sp³-hybridized carbons (Fsp3) is 0.375. The van der Waals surface area contributed by atoms with E-state index in [4.69, 9.17) is 9.47 Å². The summed E-state index contributed by atoms with van der Waals surface area (Å²) in [6.07, 6.45) is -2.98. The van der Waals surface area contributed by atoms with Crippen LogP contribution >= 0.6 is 0 Å². The molecular formula is C32H36F3N5O5S. The number of piperazine rings is 1. The molecule has 1 amide bonds. The van der Waals surface area contributed by atoms with Crippen LogP contribution in [0.1, 0.15) is 35.5 Å². The average Bonchev–Trinajstić information content (AvgIpc) is 3.39. The van der Waals surface area contributed by atoms with Crippen molar-refractivity contribution in [2.75, 3.05) is 44.1 Å². The van der Waals surface area contributed by atoms with Gasteiger partial charge in [-0.15, -0.1) is 0 Å². The van der Waals surface area contributed by atoms with E-state index in [1.165, 1.54) is 29.7 Å². The number of hydrogen-bond donors (Lipinski definition) is 1. The molecule has 10 nitrogen and oxygen atoms in total. The first-order chi connectivity index (χ1) is 21.7. The fourth-order valence-electron chi connectivity index (χ4n) is 5.21. The van der Waals surface area contributed by atoms with E-state index in [1.807, 2.05) is 25.1 Å². The number of nitrogens with one attached hydrogen (secondary N) is 1. The van der Waals surface area contributed by atoms with Crippen LogP contribution in [0.15, 0.2) is 60.8 Å². The number of aryl methyl sites for hydroxylation is 1. The van der Waals surface area contributed by atoms with Gasteiger partial charge in [-0.2, -0.15) is 13.2 Å². The summed E-state index contributed by atoms with van der Waals surface area (Å²) in [4.78, 5) is 25.3. The lowest BCUT2D eigenvalue weighted by molar-refractivity contribution is -0.153.